The lowest BCUT2D eigenvalue weighted by atomic mass is 10.1. The highest BCUT2D eigenvalue weighted by Gasteiger charge is 2.21. The largest absolute Gasteiger partial charge is 0.342 e. The second-order valence-electron chi connectivity index (χ2n) is 9.29. The van der Waals surface area contributed by atoms with E-state index in [1.54, 1.807) is 11.8 Å². The highest BCUT2D eigenvalue weighted by Crippen LogP contribution is 2.28. The van der Waals surface area contributed by atoms with Crippen molar-refractivity contribution >= 4 is 17.7 Å². The minimum Gasteiger partial charge on any atom is -0.342 e. The van der Waals surface area contributed by atoms with Crippen molar-refractivity contribution in [2.24, 2.45) is 0 Å². The molecule has 0 saturated heterocycles. The molecule has 1 unspecified atom stereocenters. The molecule has 0 fully saturated rings. The van der Waals surface area contributed by atoms with Gasteiger partial charge in [-0.1, -0.05) is 84.8 Å². The zero-order valence-corrected chi connectivity index (χ0v) is 22.3. The molecule has 186 valence electrons. The third-order valence-corrected chi connectivity index (χ3v) is 7.17. The second kappa shape index (κ2) is 12.0. The van der Waals surface area contributed by atoms with Crippen LogP contribution in [-0.4, -0.2) is 20.7 Å². The molecule has 0 radical (unpaired) electrons. The average molecular weight is 499 g/mol. The van der Waals surface area contributed by atoms with Gasteiger partial charge in [0.15, 0.2) is 11.0 Å². The molecule has 1 amide bonds. The first-order chi connectivity index (χ1) is 17.4. The summed E-state index contributed by atoms with van der Waals surface area (Å²) in [5, 5.41) is 13.0. The molecule has 0 aliphatic rings. The topological polar surface area (TPSA) is 59.8 Å². The molecule has 0 saturated carbocycles. The van der Waals surface area contributed by atoms with Crippen LogP contribution in [0.5, 0.6) is 0 Å². The van der Waals surface area contributed by atoms with Gasteiger partial charge in [0, 0.05) is 17.0 Å². The van der Waals surface area contributed by atoms with Crippen molar-refractivity contribution in [3.8, 4) is 5.69 Å². The van der Waals surface area contributed by atoms with Crippen molar-refractivity contribution in [1.29, 1.82) is 0 Å². The predicted octanol–water partition coefficient (Wildman–Crippen LogP) is 7.01. The van der Waals surface area contributed by atoms with E-state index in [-0.39, 0.29) is 11.9 Å². The van der Waals surface area contributed by atoms with Gasteiger partial charge >= 0.3 is 0 Å². The standard InChI is InChI=1S/C30H34N4OS/c1-5-6-9-24-13-15-26(16-14-24)29(35)31-23(4)28-32-33-30(34(28)27-17-11-21(2)12-18-27)36-20-25-10-7-8-22(3)19-25/h7-8,10-19,23H,5-6,9,20H2,1-4H3,(H,31,35). The van der Waals surface area contributed by atoms with Gasteiger partial charge in [-0.2, -0.15) is 0 Å². The molecule has 0 bridgehead atoms. The number of thioether (sulfide) groups is 1. The summed E-state index contributed by atoms with van der Waals surface area (Å²) in [6, 6.07) is 24.4. The first kappa shape index (κ1) is 25.7. The van der Waals surface area contributed by atoms with Crippen LogP contribution in [0, 0.1) is 13.8 Å². The first-order valence-electron chi connectivity index (χ1n) is 12.5. The molecule has 1 atom stereocenters. The Kier molecular flexibility index (Phi) is 8.60. The van der Waals surface area contributed by atoms with E-state index in [1.165, 1.54) is 22.3 Å². The van der Waals surface area contributed by atoms with E-state index in [0.29, 0.717) is 11.4 Å². The number of unbranched alkanes of at least 4 members (excludes halogenated alkanes) is 1. The van der Waals surface area contributed by atoms with E-state index < -0.39 is 0 Å². The van der Waals surface area contributed by atoms with Crippen LogP contribution >= 0.6 is 11.8 Å². The summed E-state index contributed by atoms with van der Waals surface area (Å²) in [5.74, 6) is 1.38. The quantitative estimate of drug-likeness (QED) is 0.239. The Labute approximate surface area is 218 Å². The third-order valence-electron chi connectivity index (χ3n) is 6.17. The SMILES string of the molecule is CCCCc1ccc(C(=O)NC(C)c2nnc(SCc3cccc(C)c3)n2-c2ccc(C)cc2)cc1. The number of carbonyl (C=O) groups is 1. The molecular weight excluding hydrogens is 464 g/mol. The smallest absolute Gasteiger partial charge is 0.251 e. The molecule has 4 rings (SSSR count). The summed E-state index contributed by atoms with van der Waals surface area (Å²) in [6.07, 6.45) is 3.35. The van der Waals surface area contributed by atoms with E-state index >= 15 is 0 Å². The van der Waals surface area contributed by atoms with Gasteiger partial charge in [0.05, 0.1) is 6.04 Å². The van der Waals surface area contributed by atoms with E-state index in [1.807, 2.05) is 31.2 Å². The number of amides is 1. The Morgan fingerprint density at radius 1 is 0.944 bits per heavy atom. The van der Waals surface area contributed by atoms with Crippen molar-refractivity contribution in [3.63, 3.8) is 0 Å². The highest BCUT2D eigenvalue weighted by atomic mass is 32.2. The molecule has 1 heterocycles. The molecule has 0 spiro atoms. The molecule has 36 heavy (non-hydrogen) atoms. The van der Waals surface area contributed by atoms with Crippen LogP contribution in [0.15, 0.2) is 78.0 Å². The lowest BCUT2D eigenvalue weighted by molar-refractivity contribution is 0.0938. The van der Waals surface area contributed by atoms with E-state index in [2.05, 4.69) is 89.4 Å². The molecular formula is C30H34N4OS. The molecule has 1 aromatic heterocycles. The number of hydrogen-bond acceptors (Lipinski definition) is 4. The van der Waals surface area contributed by atoms with Crippen molar-refractivity contribution in [2.75, 3.05) is 0 Å². The molecule has 3 aromatic carbocycles. The van der Waals surface area contributed by atoms with E-state index in [0.717, 1.165) is 35.9 Å². The summed E-state index contributed by atoms with van der Waals surface area (Å²) >= 11 is 1.65. The Balaban J connectivity index is 1.55. The van der Waals surface area contributed by atoms with Crippen molar-refractivity contribution < 1.29 is 4.79 Å². The fraction of sp³-hybridized carbons (Fsp3) is 0.300. The first-order valence-corrected chi connectivity index (χ1v) is 13.5. The lowest BCUT2D eigenvalue weighted by Gasteiger charge is -2.17. The summed E-state index contributed by atoms with van der Waals surface area (Å²) in [5.41, 5.74) is 6.56. The maximum absolute atomic E-state index is 13.0. The molecule has 6 heteroatoms. The highest BCUT2D eigenvalue weighted by molar-refractivity contribution is 7.98. The molecule has 0 aliphatic heterocycles. The number of rotatable bonds is 10. The summed E-state index contributed by atoms with van der Waals surface area (Å²) in [7, 11) is 0. The van der Waals surface area contributed by atoms with Gasteiger partial charge in [-0.25, -0.2) is 0 Å². The van der Waals surface area contributed by atoms with Gasteiger partial charge in [0.1, 0.15) is 0 Å². The van der Waals surface area contributed by atoms with Gasteiger partial charge in [0.2, 0.25) is 0 Å². The third kappa shape index (κ3) is 6.43. The van der Waals surface area contributed by atoms with Crippen molar-refractivity contribution in [1.82, 2.24) is 20.1 Å². The number of aromatic nitrogens is 3. The fourth-order valence-electron chi connectivity index (χ4n) is 4.09. The van der Waals surface area contributed by atoms with Gasteiger partial charge in [-0.3, -0.25) is 9.36 Å². The second-order valence-corrected chi connectivity index (χ2v) is 10.2. The number of nitrogens with zero attached hydrogens (tertiary/aromatic N) is 3. The fourth-order valence-corrected chi connectivity index (χ4v) is 4.99. The van der Waals surface area contributed by atoms with Crippen LogP contribution < -0.4 is 5.32 Å². The van der Waals surface area contributed by atoms with Gasteiger partial charge < -0.3 is 5.32 Å². The molecule has 1 N–H and O–H groups in total. The Hall–Kier alpha value is -3.38. The van der Waals surface area contributed by atoms with Crippen molar-refractivity contribution in [3.05, 3.63) is 106 Å². The van der Waals surface area contributed by atoms with E-state index in [4.69, 9.17) is 0 Å². The summed E-state index contributed by atoms with van der Waals surface area (Å²) in [4.78, 5) is 13.0. The maximum Gasteiger partial charge on any atom is 0.251 e. The number of hydrogen-bond donors (Lipinski definition) is 1. The van der Waals surface area contributed by atoms with Crippen LogP contribution in [-0.2, 0) is 12.2 Å². The van der Waals surface area contributed by atoms with Crippen LogP contribution in [0.3, 0.4) is 0 Å². The zero-order chi connectivity index (χ0) is 25.5. The number of benzene rings is 3. The average Bonchev–Trinajstić information content (AvgIpc) is 3.31. The van der Waals surface area contributed by atoms with Crippen LogP contribution in [0.25, 0.3) is 5.69 Å². The normalized spacial score (nSPS) is 11.9. The molecule has 4 aromatic rings. The Bertz CT molecular complexity index is 1300. The predicted molar refractivity (Wildman–Crippen MR) is 148 cm³/mol. The van der Waals surface area contributed by atoms with Gasteiger partial charge in [-0.15, -0.1) is 10.2 Å². The van der Waals surface area contributed by atoms with Crippen molar-refractivity contribution in [2.45, 2.75) is 63.9 Å². The Morgan fingerprint density at radius 2 is 1.69 bits per heavy atom. The lowest BCUT2D eigenvalue weighted by Crippen LogP contribution is -2.28. The number of aryl methyl sites for hydroxylation is 3. The minimum atomic E-state index is -0.320. The zero-order valence-electron chi connectivity index (χ0n) is 21.5. The number of carbonyl (C=O) groups excluding carboxylic acids is 1. The summed E-state index contributed by atoms with van der Waals surface area (Å²) in [6.45, 7) is 8.31. The molecule has 5 nitrogen and oxygen atoms in total. The minimum absolute atomic E-state index is 0.114. The van der Waals surface area contributed by atoms with Crippen LogP contribution in [0.1, 0.15) is 71.2 Å². The monoisotopic (exact) mass is 498 g/mol. The molecule has 0 aliphatic carbocycles. The van der Waals surface area contributed by atoms with Gasteiger partial charge in [-0.05, 0) is 69.0 Å². The Morgan fingerprint density at radius 3 is 2.39 bits per heavy atom. The van der Waals surface area contributed by atoms with Crippen LogP contribution in [0.4, 0.5) is 0 Å². The van der Waals surface area contributed by atoms with Gasteiger partial charge in [0.25, 0.3) is 5.91 Å². The number of nitrogens with one attached hydrogen (secondary N) is 1. The summed E-state index contributed by atoms with van der Waals surface area (Å²) < 4.78 is 2.05. The van der Waals surface area contributed by atoms with E-state index in [9.17, 15) is 4.79 Å². The maximum atomic E-state index is 13.0. The van der Waals surface area contributed by atoms with Crippen LogP contribution in [0.2, 0.25) is 0 Å².